The third kappa shape index (κ3) is 4.93. The number of hydrogen-bond donors (Lipinski definition) is 3. The van der Waals surface area contributed by atoms with E-state index in [0.717, 1.165) is 21.4 Å². The highest BCUT2D eigenvalue weighted by atomic mass is 16.6. The lowest BCUT2D eigenvalue weighted by atomic mass is 9.92. The number of ether oxygens (including phenoxy) is 1. The number of aromatic amines is 1. The maximum atomic E-state index is 13.9. The zero-order chi connectivity index (χ0) is 27.0. The lowest BCUT2D eigenvalue weighted by Gasteiger charge is -2.48. The molecule has 38 heavy (non-hydrogen) atoms. The summed E-state index contributed by atoms with van der Waals surface area (Å²) in [5.41, 5.74) is 1.59. The van der Waals surface area contributed by atoms with E-state index in [9.17, 15) is 19.2 Å². The first kappa shape index (κ1) is 25.3. The Balaban J connectivity index is 1.51. The minimum absolute atomic E-state index is 0.112. The van der Waals surface area contributed by atoms with Gasteiger partial charge in [0.15, 0.2) is 0 Å². The summed E-state index contributed by atoms with van der Waals surface area (Å²) in [5.74, 6) is -0.842. The van der Waals surface area contributed by atoms with Crippen LogP contribution in [0.1, 0.15) is 32.8 Å². The highest BCUT2D eigenvalue weighted by Gasteiger charge is 2.50. The van der Waals surface area contributed by atoms with Crippen molar-refractivity contribution in [2.24, 2.45) is 0 Å². The van der Waals surface area contributed by atoms with E-state index >= 15 is 0 Å². The molecule has 2 fully saturated rings. The van der Waals surface area contributed by atoms with Crippen LogP contribution >= 0.6 is 0 Å². The molecule has 2 aliphatic heterocycles. The maximum Gasteiger partial charge on any atom is 0.407 e. The van der Waals surface area contributed by atoms with Gasteiger partial charge < -0.3 is 25.3 Å². The van der Waals surface area contributed by atoms with Crippen molar-refractivity contribution in [1.82, 2.24) is 20.5 Å². The van der Waals surface area contributed by atoms with Crippen molar-refractivity contribution in [3.8, 4) is 0 Å². The van der Waals surface area contributed by atoms with E-state index in [1.54, 1.807) is 51.1 Å². The van der Waals surface area contributed by atoms with Gasteiger partial charge in [0.05, 0.1) is 24.2 Å². The van der Waals surface area contributed by atoms with E-state index in [2.05, 4.69) is 15.6 Å². The number of para-hydroxylation sites is 2. The highest BCUT2D eigenvalue weighted by molar-refractivity contribution is 6.18. The Kier molecular flexibility index (Phi) is 6.56. The molecule has 5 amide bonds. The topological polar surface area (TPSA) is 124 Å². The van der Waals surface area contributed by atoms with Gasteiger partial charge in [-0.3, -0.25) is 9.59 Å². The Morgan fingerprint density at radius 2 is 1.79 bits per heavy atom. The zero-order valence-corrected chi connectivity index (χ0v) is 21.6. The van der Waals surface area contributed by atoms with Crippen molar-refractivity contribution < 1.29 is 23.9 Å². The first-order valence-corrected chi connectivity index (χ1v) is 12.6. The lowest BCUT2D eigenvalue weighted by Crippen LogP contribution is -2.73. The normalized spacial score (nSPS) is 20.7. The molecule has 3 atom stereocenters. The molecule has 2 aromatic carbocycles. The average molecular weight is 518 g/mol. The molecule has 2 saturated heterocycles. The Morgan fingerprint density at radius 3 is 2.53 bits per heavy atom. The monoisotopic (exact) mass is 517 g/mol. The molecular weight excluding hydrogens is 486 g/mol. The van der Waals surface area contributed by atoms with E-state index in [-0.39, 0.29) is 13.0 Å². The molecule has 2 aliphatic rings. The van der Waals surface area contributed by atoms with Crippen LogP contribution in [0.5, 0.6) is 0 Å². The van der Waals surface area contributed by atoms with E-state index < -0.39 is 47.7 Å². The second-order valence-electron chi connectivity index (χ2n) is 10.6. The summed E-state index contributed by atoms with van der Waals surface area (Å²) in [6.45, 7) is 5.43. The molecule has 1 aromatic heterocycles. The van der Waals surface area contributed by atoms with Crippen molar-refractivity contribution in [2.75, 3.05) is 11.4 Å². The molecule has 198 valence electrons. The van der Waals surface area contributed by atoms with Gasteiger partial charge in [0.2, 0.25) is 11.8 Å². The van der Waals surface area contributed by atoms with Gasteiger partial charge in [-0.2, -0.15) is 0 Å². The summed E-state index contributed by atoms with van der Waals surface area (Å²) in [4.78, 5) is 58.5. The number of aromatic nitrogens is 1. The van der Waals surface area contributed by atoms with Crippen molar-refractivity contribution in [3.05, 3.63) is 66.4 Å². The molecule has 0 bridgehead atoms. The summed E-state index contributed by atoms with van der Waals surface area (Å²) in [6, 6.07) is 13.6. The number of anilines is 1. The summed E-state index contributed by atoms with van der Waals surface area (Å²) >= 11 is 0. The molecule has 0 aliphatic carbocycles. The number of fused-ring (bicyclic) bond motifs is 2. The Bertz CT molecular complexity index is 1380. The van der Waals surface area contributed by atoms with Gasteiger partial charge >= 0.3 is 12.1 Å². The van der Waals surface area contributed by atoms with E-state index in [0.29, 0.717) is 12.1 Å². The van der Waals surface area contributed by atoms with E-state index in [1.807, 2.05) is 30.5 Å². The number of nitrogens with one attached hydrogen (secondary N) is 3. The Morgan fingerprint density at radius 1 is 1.08 bits per heavy atom. The molecular formula is C28H31N5O5. The molecule has 0 saturated carbocycles. The van der Waals surface area contributed by atoms with Crippen molar-refractivity contribution in [3.63, 3.8) is 0 Å². The Labute approximate surface area is 220 Å². The van der Waals surface area contributed by atoms with Gasteiger partial charge in [0, 0.05) is 23.6 Å². The molecule has 10 nitrogen and oxygen atoms in total. The number of carbonyl (C=O) groups is 4. The van der Waals surface area contributed by atoms with Crippen molar-refractivity contribution in [2.45, 2.75) is 57.3 Å². The van der Waals surface area contributed by atoms with Gasteiger partial charge in [-0.15, -0.1) is 0 Å². The smallest absolute Gasteiger partial charge is 0.407 e. The number of amides is 5. The van der Waals surface area contributed by atoms with Gasteiger partial charge in [0.1, 0.15) is 11.6 Å². The Hall–Kier alpha value is -4.34. The molecule has 3 N–H and O–H groups in total. The van der Waals surface area contributed by atoms with Gasteiger partial charge in [-0.05, 0) is 51.0 Å². The minimum Gasteiger partial charge on any atom is -0.444 e. The van der Waals surface area contributed by atoms with Crippen LogP contribution in [0.4, 0.5) is 15.3 Å². The van der Waals surface area contributed by atoms with Gasteiger partial charge in [-0.1, -0.05) is 36.4 Å². The molecule has 0 radical (unpaired) electrons. The number of piperazine rings is 1. The number of rotatable bonds is 5. The summed E-state index contributed by atoms with van der Waals surface area (Å²) < 4.78 is 5.54. The average Bonchev–Trinajstić information content (AvgIpc) is 3.27. The predicted octanol–water partition coefficient (Wildman–Crippen LogP) is 3.33. The van der Waals surface area contributed by atoms with Crippen LogP contribution in [0.15, 0.2) is 60.8 Å². The number of imide groups is 1. The van der Waals surface area contributed by atoms with Crippen molar-refractivity contribution >= 4 is 40.5 Å². The van der Waals surface area contributed by atoms with Crippen molar-refractivity contribution in [1.29, 1.82) is 0 Å². The lowest BCUT2D eigenvalue weighted by molar-refractivity contribution is -0.135. The van der Waals surface area contributed by atoms with Gasteiger partial charge in [0.25, 0.3) is 0 Å². The second-order valence-corrected chi connectivity index (χ2v) is 10.6. The SMILES string of the molecule is CC(C)(C)OC(=O)N[C@H](Cc1c[nH]c2ccccc12)[C@H]1CNC(=O)[C@@H]2CC(=O)N(c3ccccc3)C(=O)N12. The largest absolute Gasteiger partial charge is 0.444 e. The quantitative estimate of drug-likeness (QED) is 0.479. The molecule has 3 aromatic rings. The van der Waals surface area contributed by atoms with Crippen LogP contribution in [-0.4, -0.2) is 64.1 Å². The summed E-state index contributed by atoms with van der Waals surface area (Å²) in [6.07, 6.45) is 1.45. The van der Waals surface area contributed by atoms with Crippen LogP contribution in [-0.2, 0) is 20.7 Å². The first-order chi connectivity index (χ1) is 18.1. The fourth-order valence-corrected chi connectivity index (χ4v) is 5.17. The number of H-pyrrole nitrogens is 1. The summed E-state index contributed by atoms with van der Waals surface area (Å²) in [7, 11) is 0. The number of alkyl carbamates (subject to hydrolysis) is 1. The van der Waals surface area contributed by atoms with Crippen LogP contribution in [0, 0.1) is 0 Å². The highest BCUT2D eigenvalue weighted by Crippen LogP contribution is 2.30. The molecule has 5 rings (SSSR count). The zero-order valence-electron chi connectivity index (χ0n) is 21.6. The number of urea groups is 1. The minimum atomic E-state index is -0.973. The number of benzene rings is 2. The number of carbonyl (C=O) groups excluding carboxylic acids is 4. The third-order valence-corrected chi connectivity index (χ3v) is 6.81. The van der Waals surface area contributed by atoms with Crippen LogP contribution < -0.4 is 15.5 Å². The van der Waals surface area contributed by atoms with Gasteiger partial charge in [-0.25, -0.2) is 14.5 Å². The van der Waals surface area contributed by atoms with Crippen LogP contribution in [0.3, 0.4) is 0 Å². The van der Waals surface area contributed by atoms with E-state index in [1.165, 1.54) is 4.90 Å². The second kappa shape index (κ2) is 9.85. The van der Waals surface area contributed by atoms with Crippen LogP contribution in [0.2, 0.25) is 0 Å². The first-order valence-electron chi connectivity index (χ1n) is 12.6. The fraction of sp³-hybridized carbons (Fsp3) is 0.357. The van der Waals surface area contributed by atoms with Crippen LogP contribution in [0.25, 0.3) is 10.9 Å². The third-order valence-electron chi connectivity index (χ3n) is 6.81. The molecule has 0 unspecified atom stereocenters. The molecule has 0 spiro atoms. The predicted molar refractivity (Wildman–Crippen MR) is 142 cm³/mol. The molecule has 10 heteroatoms. The standard InChI is InChI=1S/C28H31N5O5/c1-28(2,3)38-26(36)31-21(13-17-15-29-20-12-8-7-11-19(17)20)23-16-30-25(35)22-14-24(34)32(27(37)33(22)23)18-9-5-4-6-10-18/h4-12,15,21-23,29H,13-14,16H2,1-3H3,(H,30,35)(H,31,36)/t21-,22+,23-/m1/s1. The maximum absolute atomic E-state index is 13.9. The van der Waals surface area contributed by atoms with E-state index in [4.69, 9.17) is 4.74 Å². The number of hydrogen-bond acceptors (Lipinski definition) is 5. The number of nitrogens with zero attached hydrogens (tertiary/aromatic N) is 2. The fourth-order valence-electron chi connectivity index (χ4n) is 5.17. The summed E-state index contributed by atoms with van der Waals surface area (Å²) in [5, 5.41) is 6.79. The molecule has 3 heterocycles.